The van der Waals surface area contributed by atoms with Gasteiger partial charge in [-0.2, -0.15) is 0 Å². The molecule has 0 saturated carbocycles. The van der Waals surface area contributed by atoms with Crippen molar-refractivity contribution in [2.24, 2.45) is 0 Å². The summed E-state index contributed by atoms with van der Waals surface area (Å²) in [7, 11) is 1.41. The van der Waals surface area contributed by atoms with Crippen molar-refractivity contribution in [3.63, 3.8) is 0 Å². The van der Waals surface area contributed by atoms with E-state index in [1.165, 1.54) is 23.9 Å². The van der Waals surface area contributed by atoms with E-state index < -0.39 is 0 Å². The molecule has 1 atom stereocenters. The Morgan fingerprint density at radius 3 is 3.25 bits per heavy atom. The number of benzene rings is 1. The lowest BCUT2D eigenvalue weighted by Crippen LogP contribution is -2.37. The summed E-state index contributed by atoms with van der Waals surface area (Å²) in [6.07, 6.45) is 1.71. The number of hydrogen-bond donors (Lipinski definition) is 2. The van der Waals surface area contributed by atoms with Gasteiger partial charge in [-0.15, -0.1) is 0 Å². The minimum Gasteiger partial charge on any atom is -0.453 e. The van der Waals surface area contributed by atoms with Crippen molar-refractivity contribution in [1.29, 1.82) is 0 Å². The molecule has 2 aliphatic rings. The number of nitrogens with zero attached hydrogens (tertiary/aromatic N) is 1. The SMILES string of the molecule is COC(=O)NC1CCN(c2cccc3c2CCNC3)C1. The van der Waals surface area contributed by atoms with Crippen LogP contribution in [0, 0.1) is 0 Å². The molecule has 0 aromatic heterocycles. The summed E-state index contributed by atoms with van der Waals surface area (Å²) < 4.78 is 4.67. The molecular weight excluding hydrogens is 254 g/mol. The smallest absolute Gasteiger partial charge is 0.407 e. The van der Waals surface area contributed by atoms with E-state index in [1.807, 2.05) is 0 Å². The van der Waals surface area contributed by atoms with Crippen LogP contribution < -0.4 is 15.5 Å². The van der Waals surface area contributed by atoms with Crippen molar-refractivity contribution >= 4 is 11.8 Å². The van der Waals surface area contributed by atoms with Crippen LogP contribution in [0.2, 0.25) is 0 Å². The first-order chi connectivity index (χ1) is 9.78. The lowest BCUT2D eigenvalue weighted by atomic mass is 9.98. The van der Waals surface area contributed by atoms with Gasteiger partial charge in [0.2, 0.25) is 0 Å². The lowest BCUT2D eigenvalue weighted by molar-refractivity contribution is 0.167. The van der Waals surface area contributed by atoms with E-state index in [-0.39, 0.29) is 12.1 Å². The van der Waals surface area contributed by atoms with Gasteiger partial charge in [0.05, 0.1) is 13.2 Å². The van der Waals surface area contributed by atoms with E-state index in [1.54, 1.807) is 0 Å². The van der Waals surface area contributed by atoms with Crippen LogP contribution in [0.4, 0.5) is 10.5 Å². The molecule has 1 aromatic carbocycles. The molecule has 2 aliphatic heterocycles. The van der Waals surface area contributed by atoms with Gasteiger partial charge in [-0.1, -0.05) is 12.1 Å². The van der Waals surface area contributed by atoms with Crippen molar-refractivity contribution in [2.45, 2.75) is 25.4 Å². The summed E-state index contributed by atoms with van der Waals surface area (Å²) in [5.74, 6) is 0. The van der Waals surface area contributed by atoms with Gasteiger partial charge in [-0.3, -0.25) is 0 Å². The first-order valence-corrected chi connectivity index (χ1v) is 7.19. The number of carbonyl (C=O) groups excluding carboxylic acids is 1. The third-order valence-corrected chi connectivity index (χ3v) is 4.15. The molecule has 5 nitrogen and oxygen atoms in total. The fraction of sp³-hybridized carbons (Fsp3) is 0.533. The number of amides is 1. The van der Waals surface area contributed by atoms with Crippen LogP contribution >= 0.6 is 0 Å². The van der Waals surface area contributed by atoms with Crippen molar-refractivity contribution in [3.05, 3.63) is 29.3 Å². The highest BCUT2D eigenvalue weighted by molar-refractivity contribution is 5.68. The number of methoxy groups -OCH3 is 1. The van der Waals surface area contributed by atoms with Crippen molar-refractivity contribution in [2.75, 3.05) is 31.6 Å². The van der Waals surface area contributed by atoms with E-state index in [0.717, 1.165) is 39.0 Å². The standard InChI is InChI=1S/C15H21N3O2/c1-20-15(19)17-12-6-8-18(10-12)14-4-2-3-11-9-16-7-5-13(11)14/h2-4,12,16H,5-10H2,1H3,(H,17,19). The molecule has 2 N–H and O–H groups in total. The minimum absolute atomic E-state index is 0.181. The van der Waals surface area contributed by atoms with Gasteiger partial charge in [0.25, 0.3) is 0 Å². The Morgan fingerprint density at radius 1 is 1.50 bits per heavy atom. The van der Waals surface area contributed by atoms with Crippen LogP contribution in [0.25, 0.3) is 0 Å². The molecular formula is C15H21N3O2. The van der Waals surface area contributed by atoms with E-state index in [0.29, 0.717) is 0 Å². The van der Waals surface area contributed by atoms with Crippen molar-refractivity contribution in [1.82, 2.24) is 10.6 Å². The fourth-order valence-electron chi connectivity index (χ4n) is 3.13. The summed E-state index contributed by atoms with van der Waals surface area (Å²) in [5.41, 5.74) is 4.20. The third-order valence-electron chi connectivity index (χ3n) is 4.15. The molecule has 108 valence electrons. The molecule has 1 fully saturated rings. The maximum atomic E-state index is 11.3. The maximum Gasteiger partial charge on any atom is 0.407 e. The third kappa shape index (κ3) is 2.58. The summed E-state index contributed by atoms with van der Waals surface area (Å²) in [6, 6.07) is 6.71. The van der Waals surface area contributed by atoms with Crippen LogP contribution in [0.15, 0.2) is 18.2 Å². The highest BCUT2D eigenvalue weighted by Gasteiger charge is 2.26. The van der Waals surface area contributed by atoms with Gasteiger partial charge < -0.3 is 20.3 Å². The molecule has 5 heteroatoms. The number of rotatable bonds is 2. The zero-order chi connectivity index (χ0) is 13.9. The Labute approximate surface area is 119 Å². The van der Waals surface area contributed by atoms with Gasteiger partial charge in [0, 0.05) is 25.3 Å². The summed E-state index contributed by atoms with van der Waals surface area (Å²) >= 11 is 0. The summed E-state index contributed by atoms with van der Waals surface area (Å²) in [4.78, 5) is 13.7. The zero-order valence-corrected chi connectivity index (χ0v) is 11.8. The number of ether oxygens (including phenoxy) is 1. The molecule has 20 heavy (non-hydrogen) atoms. The van der Waals surface area contributed by atoms with Crippen LogP contribution in [0.3, 0.4) is 0 Å². The highest BCUT2D eigenvalue weighted by Crippen LogP contribution is 2.29. The van der Waals surface area contributed by atoms with Crippen LogP contribution in [0.1, 0.15) is 17.5 Å². The second-order valence-corrected chi connectivity index (χ2v) is 5.41. The Morgan fingerprint density at radius 2 is 2.40 bits per heavy atom. The second-order valence-electron chi connectivity index (χ2n) is 5.41. The first-order valence-electron chi connectivity index (χ1n) is 7.19. The predicted molar refractivity (Wildman–Crippen MR) is 78.0 cm³/mol. The second kappa shape index (κ2) is 5.71. The molecule has 0 aliphatic carbocycles. The molecule has 0 radical (unpaired) electrons. The fourth-order valence-corrected chi connectivity index (χ4v) is 3.13. The zero-order valence-electron chi connectivity index (χ0n) is 11.8. The van der Waals surface area contributed by atoms with Gasteiger partial charge in [0.1, 0.15) is 0 Å². The van der Waals surface area contributed by atoms with E-state index in [2.05, 4.69) is 38.5 Å². The normalized spacial score (nSPS) is 21.4. The maximum absolute atomic E-state index is 11.3. The minimum atomic E-state index is -0.337. The topological polar surface area (TPSA) is 53.6 Å². The van der Waals surface area contributed by atoms with Crippen LogP contribution in [-0.4, -0.2) is 38.9 Å². The Bertz CT molecular complexity index is 504. The predicted octanol–water partition coefficient (Wildman–Crippen LogP) is 1.27. The van der Waals surface area contributed by atoms with E-state index in [9.17, 15) is 4.79 Å². The van der Waals surface area contributed by atoms with Gasteiger partial charge in [-0.05, 0) is 36.6 Å². The molecule has 0 bridgehead atoms. The number of nitrogens with one attached hydrogen (secondary N) is 2. The van der Waals surface area contributed by atoms with Crippen LogP contribution in [-0.2, 0) is 17.7 Å². The van der Waals surface area contributed by atoms with Crippen LogP contribution in [0.5, 0.6) is 0 Å². The molecule has 3 rings (SSSR count). The largest absolute Gasteiger partial charge is 0.453 e. The first kappa shape index (κ1) is 13.2. The average Bonchev–Trinajstić information content (AvgIpc) is 2.94. The molecule has 2 heterocycles. The molecule has 1 saturated heterocycles. The number of alkyl carbamates (subject to hydrolysis) is 1. The molecule has 1 aromatic rings. The summed E-state index contributed by atoms with van der Waals surface area (Å²) in [6.45, 7) is 3.85. The molecule has 1 unspecified atom stereocenters. The van der Waals surface area contributed by atoms with Crippen molar-refractivity contribution < 1.29 is 9.53 Å². The Balaban J connectivity index is 1.73. The number of anilines is 1. The van der Waals surface area contributed by atoms with Gasteiger partial charge in [-0.25, -0.2) is 4.79 Å². The van der Waals surface area contributed by atoms with E-state index in [4.69, 9.17) is 0 Å². The van der Waals surface area contributed by atoms with Gasteiger partial charge in [0.15, 0.2) is 0 Å². The van der Waals surface area contributed by atoms with E-state index >= 15 is 0 Å². The number of hydrogen-bond acceptors (Lipinski definition) is 4. The number of carbonyl (C=O) groups is 1. The highest BCUT2D eigenvalue weighted by atomic mass is 16.5. The number of fused-ring (bicyclic) bond motifs is 1. The molecule has 0 spiro atoms. The lowest BCUT2D eigenvalue weighted by Gasteiger charge is -2.26. The Hall–Kier alpha value is -1.75. The summed E-state index contributed by atoms with van der Waals surface area (Å²) in [5, 5.41) is 6.30. The van der Waals surface area contributed by atoms with Gasteiger partial charge >= 0.3 is 6.09 Å². The Kier molecular flexibility index (Phi) is 3.78. The van der Waals surface area contributed by atoms with Crippen molar-refractivity contribution in [3.8, 4) is 0 Å². The average molecular weight is 275 g/mol. The monoisotopic (exact) mass is 275 g/mol. The molecule has 1 amide bonds. The quantitative estimate of drug-likeness (QED) is 0.853.